The predicted octanol–water partition coefficient (Wildman–Crippen LogP) is 4.07. The SMILES string of the molecule is CN(Cc1ccccn1)C(=O)Nc1ccc(Oc2ccc(F)cc2)nc1. The van der Waals surface area contributed by atoms with Crippen LogP contribution in [0.25, 0.3) is 0 Å². The summed E-state index contributed by atoms with van der Waals surface area (Å²) in [5.74, 6) is 0.486. The van der Waals surface area contributed by atoms with E-state index in [0.29, 0.717) is 23.9 Å². The van der Waals surface area contributed by atoms with Crippen LogP contribution in [-0.2, 0) is 6.54 Å². The Morgan fingerprint density at radius 2 is 1.92 bits per heavy atom. The van der Waals surface area contributed by atoms with Crippen LogP contribution in [0.5, 0.6) is 11.6 Å². The Morgan fingerprint density at radius 1 is 1.12 bits per heavy atom. The van der Waals surface area contributed by atoms with Crippen LogP contribution in [0.1, 0.15) is 5.69 Å². The summed E-state index contributed by atoms with van der Waals surface area (Å²) in [7, 11) is 1.68. The van der Waals surface area contributed by atoms with Crippen LogP contribution in [0.15, 0.2) is 67.0 Å². The number of carbonyl (C=O) groups is 1. The van der Waals surface area contributed by atoms with Crippen molar-refractivity contribution in [2.45, 2.75) is 6.54 Å². The Hall–Kier alpha value is -3.48. The zero-order chi connectivity index (χ0) is 18.4. The number of benzene rings is 1. The van der Waals surface area contributed by atoms with E-state index in [-0.39, 0.29) is 11.8 Å². The fourth-order valence-electron chi connectivity index (χ4n) is 2.16. The molecule has 0 spiro atoms. The molecule has 0 saturated heterocycles. The van der Waals surface area contributed by atoms with E-state index in [1.54, 1.807) is 25.4 Å². The fourth-order valence-corrected chi connectivity index (χ4v) is 2.16. The summed E-state index contributed by atoms with van der Waals surface area (Å²) in [6.07, 6.45) is 3.18. The molecule has 0 atom stereocenters. The molecule has 0 aliphatic carbocycles. The number of amides is 2. The van der Waals surface area contributed by atoms with Gasteiger partial charge in [0.25, 0.3) is 0 Å². The molecule has 6 nitrogen and oxygen atoms in total. The number of nitrogens with one attached hydrogen (secondary N) is 1. The van der Waals surface area contributed by atoms with Crippen LogP contribution in [0.4, 0.5) is 14.9 Å². The van der Waals surface area contributed by atoms with Crippen LogP contribution in [0, 0.1) is 5.82 Å². The second-order valence-electron chi connectivity index (χ2n) is 5.55. The summed E-state index contributed by atoms with van der Waals surface area (Å²) < 4.78 is 18.4. The number of carbonyl (C=O) groups excluding carboxylic acids is 1. The van der Waals surface area contributed by atoms with Gasteiger partial charge in [0.05, 0.1) is 24.1 Å². The molecule has 2 amide bonds. The molecule has 0 saturated carbocycles. The van der Waals surface area contributed by atoms with Gasteiger partial charge in [-0.05, 0) is 42.5 Å². The Balaban J connectivity index is 1.56. The van der Waals surface area contributed by atoms with E-state index in [2.05, 4.69) is 15.3 Å². The van der Waals surface area contributed by atoms with Crippen molar-refractivity contribution in [3.05, 3.63) is 78.5 Å². The highest BCUT2D eigenvalue weighted by atomic mass is 19.1. The van der Waals surface area contributed by atoms with Gasteiger partial charge in [0.1, 0.15) is 11.6 Å². The van der Waals surface area contributed by atoms with Crippen molar-refractivity contribution in [2.24, 2.45) is 0 Å². The van der Waals surface area contributed by atoms with Crippen LogP contribution >= 0.6 is 0 Å². The van der Waals surface area contributed by atoms with Gasteiger partial charge in [-0.1, -0.05) is 6.07 Å². The molecule has 2 heterocycles. The first-order chi connectivity index (χ1) is 12.6. The summed E-state index contributed by atoms with van der Waals surface area (Å²) in [6.45, 7) is 0.395. The standard InChI is InChI=1S/C19H17FN4O2/c1-24(13-16-4-2-3-11-21-16)19(25)23-15-7-10-18(22-12-15)26-17-8-5-14(20)6-9-17/h2-12H,13H2,1H3,(H,23,25). The van der Waals surface area contributed by atoms with E-state index >= 15 is 0 Å². The van der Waals surface area contributed by atoms with Gasteiger partial charge in [-0.15, -0.1) is 0 Å². The maximum absolute atomic E-state index is 12.9. The van der Waals surface area contributed by atoms with Crippen molar-refractivity contribution in [2.75, 3.05) is 12.4 Å². The molecule has 0 fully saturated rings. The topological polar surface area (TPSA) is 67.4 Å². The summed E-state index contributed by atoms with van der Waals surface area (Å²) >= 11 is 0. The van der Waals surface area contributed by atoms with Gasteiger partial charge in [0, 0.05) is 19.3 Å². The molecule has 1 aromatic carbocycles. The molecule has 0 aliphatic heterocycles. The van der Waals surface area contributed by atoms with Gasteiger partial charge in [0.2, 0.25) is 5.88 Å². The van der Waals surface area contributed by atoms with Gasteiger partial charge in [-0.3, -0.25) is 4.98 Å². The lowest BCUT2D eigenvalue weighted by Gasteiger charge is -2.17. The largest absolute Gasteiger partial charge is 0.439 e. The molecular weight excluding hydrogens is 335 g/mol. The van der Waals surface area contributed by atoms with Crippen LogP contribution in [0.3, 0.4) is 0 Å². The summed E-state index contributed by atoms with van der Waals surface area (Å²) in [4.78, 5) is 22.1. The monoisotopic (exact) mass is 352 g/mol. The highest BCUT2D eigenvalue weighted by Crippen LogP contribution is 2.20. The molecule has 0 bridgehead atoms. The van der Waals surface area contributed by atoms with Crippen molar-refractivity contribution < 1.29 is 13.9 Å². The average Bonchev–Trinajstić information content (AvgIpc) is 2.66. The first-order valence-corrected chi connectivity index (χ1v) is 7.91. The van der Waals surface area contributed by atoms with Gasteiger partial charge < -0.3 is 15.0 Å². The van der Waals surface area contributed by atoms with E-state index < -0.39 is 0 Å². The number of pyridine rings is 2. The second kappa shape index (κ2) is 8.06. The van der Waals surface area contributed by atoms with Crippen LogP contribution in [-0.4, -0.2) is 27.9 Å². The third-order valence-electron chi connectivity index (χ3n) is 3.50. The normalized spacial score (nSPS) is 10.2. The Kier molecular flexibility index (Phi) is 5.38. The molecular formula is C19H17FN4O2. The fraction of sp³-hybridized carbons (Fsp3) is 0.105. The molecule has 132 valence electrons. The number of urea groups is 1. The molecule has 26 heavy (non-hydrogen) atoms. The van der Waals surface area contributed by atoms with E-state index in [4.69, 9.17) is 4.74 Å². The zero-order valence-electron chi connectivity index (χ0n) is 14.1. The highest BCUT2D eigenvalue weighted by molar-refractivity contribution is 5.88. The Labute approximate surface area is 150 Å². The van der Waals surface area contributed by atoms with Crippen molar-refractivity contribution in [3.63, 3.8) is 0 Å². The highest BCUT2D eigenvalue weighted by Gasteiger charge is 2.10. The Morgan fingerprint density at radius 3 is 2.58 bits per heavy atom. The van der Waals surface area contributed by atoms with E-state index in [1.807, 2.05) is 18.2 Å². The average molecular weight is 352 g/mol. The minimum absolute atomic E-state index is 0.273. The molecule has 0 aliphatic rings. The maximum atomic E-state index is 12.9. The third-order valence-corrected chi connectivity index (χ3v) is 3.50. The molecule has 2 aromatic heterocycles. The maximum Gasteiger partial charge on any atom is 0.321 e. The lowest BCUT2D eigenvalue weighted by molar-refractivity contribution is 0.220. The molecule has 3 aromatic rings. The van der Waals surface area contributed by atoms with Crippen molar-refractivity contribution in [1.82, 2.24) is 14.9 Å². The minimum atomic E-state index is -0.335. The lowest BCUT2D eigenvalue weighted by atomic mass is 10.3. The minimum Gasteiger partial charge on any atom is -0.439 e. The van der Waals surface area contributed by atoms with Crippen molar-refractivity contribution in [1.29, 1.82) is 0 Å². The predicted molar refractivity (Wildman–Crippen MR) is 95.4 cm³/mol. The Bertz CT molecular complexity index is 855. The summed E-state index contributed by atoms with van der Waals surface area (Å²) in [5, 5.41) is 2.75. The van der Waals surface area contributed by atoms with Gasteiger partial charge >= 0.3 is 6.03 Å². The lowest BCUT2D eigenvalue weighted by Crippen LogP contribution is -2.31. The number of hydrogen-bond acceptors (Lipinski definition) is 4. The third kappa shape index (κ3) is 4.76. The van der Waals surface area contributed by atoms with Crippen LogP contribution in [0.2, 0.25) is 0 Å². The zero-order valence-corrected chi connectivity index (χ0v) is 14.1. The van der Waals surface area contributed by atoms with Gasteiger partial charge in [-0.25, -0.2) is 14.2 Å². The van der Waals surface area contributed by atoms with E-state index in [0.717, 1.165) is 5.69 Å². The second-order valence-corrected chi connectivity index (χ2v) is 5.55. The number of nitrogens with zero attached hydrogens (tertiary/aromatic N) is 3. The first kappa shape index (κ1) is 17.3. The molecule has 0 radical (unpaired) electrons. The molecule has 0 unspecified atom stereocenters. The number of halogens is 1. The molecule has 1 N–H and O–H groups in total. The molecule has 7 heteroatoms. The van der Waals surface area contributed by atoms with Crippen molar-refractivity contribution >= 4 is 11.7 Å². The number of ether oxygens (including phenoxy) is 1. The van der Waals surface area contributed by atoms with Crippen LogP contribution < -0.4 is 10.1 Å². The number of anilines is 1. The van der Waals surface area contributed by atoms with E-state index in [1.165, 1.54) is 35.4 Å². The molecule has 3 rings (SSSR count). The smallest absolute Gasteiger partial charge is 0.321 e. The van der Waals surface area contributed by atoms with E-state index in [9.17, 15) is 9.18 Å². The quantitative estimate of drug-likeness (QED) is 0.751. The van der Waals surface area contributed by atoms with Gasteiger partial charge in [0.15, 0.2) is 0 Å². The number of rotatable bonds is 5. The van der Waals surface area contributed by atoms with Gasteiger partial charge in [-0.2, -0.15) is 0 Å². The number of hydrogen-bond donors (Lipinski definition) is 1. The summed E-state index contributed by atoms with van der Waals surface area (Å²) in [6, 6.07) is 14.2. The van der Waals surface area contributed by atoms with Crippen molar-refractivity contribution in [3.8, 4) is 11.6 Å². The first-order valence-electron chi connectivity index (χ1n) is 7.91. The number of aromatic nitrogens is 2. The summed E-state index contributed by atoms with van der Waals surface area (Å²) in [5.41, 5.74) is 1.33.